The molecule has 0 saturated carbocycles. The maximum Gasteiger partial charge on any atom is 0.0674 e. The Balaban J connectivity index is 1.91. The van der Waals surface area contributed by atoms with E-state index in [1.165, 1.54) is 9.75 Å². The van der Waals surface area contributed by atoms with Crippen LogP contribution in [0.25, 0.3) is 0 Å². The molecule has 1 aromatic rings. The quantitative estimate of drug-likeness (QED) is 0.898. The Morgan fingerprint density at radius 2 is 2.05 bits per heavy atom. The molecule has 0 amide bonds. The van der Waals surface area contributed by atoms with Gasteiger partial charge < -0.3 is 10.1 Å². The van der Waals surface area contributed by atoms with Crippen LogP contribution in [0.2, 0.25) is 0 Å². The van der Waals surface area contributed by atoms with Crippen LogP contribution in [0.15, 0.2) is 12.1 Å². The van der Waals surface area contributed by atoms with Gasteiger partial charge in [0.05, 0.1) is 12.7 Å². The van der Waals surface area contributed by atoms with Crippen molar-refractivity contribution in [2.45, 2.75) is 71.8 Å². The fourth-order valence-corrected chi connectivity index (χ4v) is 3.62. The molecule has 0 aromatic carbocycles. The van der Waals surface area contributed by atoms with Gasteiger partial charge in [-0.15, -0.1) is 11.3 Å². The molecule has 1 aliphatic heterocycles. The lowest BCUT2D eigenvalue weighted by Gasteiger charge is -2.38. The van der Waals surface area contributed by atoms with E-state index in [1.807, 2.05) is 11.3 Å². The number of nitrogens with one attached hydrogen (secondary N) is 1. The van der Waals surface area contributed by atoms with E-state index in [2.05, 4.69) is 57.0 Å². The van der Waals surface area contributed by atoms with Gasteiger partial charge in [-0.3, -0.25) is 4.90 Å². The van der Waals surface area contributed by atoms with E-state index in [-0.39, 0.29) is 5.54 Å². The molecule has 1 fully saturated rings. The Morgan fingerprint density at radius 3 is 2.71 bits per heavy atom. The highest BCUT2D eigenvalue weighted by Crippen LogP contribution is 2.23. The van der Waals surface area contributed by atoms with Crippen molar-refractivity contribution in [1.29, 1.82) is 0 Å². The Kier molecular flexibility index (Phi) is 5.83. The number of hydrogen-bond acceptors (Lipinski definition) is 4. The zero-order chi connectivity index (χ0) is 15.5. The maximum atomic E-state index is 5.78. The molecule has 2 heterocycles. The highest BCUT2D eigenvalue weighted by molar-refractivity contribution is 7.11. The summed E-state index contributed by atoms with van der Waals surface area (Å²) in [6.45, 7) is 15.0. The normalized spacial score (nSPS) is 24.4. The van der Waals surface area contributed by atoms with Gasteiger partial charge in [0.2, 0.25) is 0 Å². The van der Waals surface area contributed by atoms with Crippen molar-refractivity contribution in [1.82, 2.24) is 10.2 Å². The third kappa shape index (κ3) is 5.37. The van der Waals surface area contributed by atoms with Crippen LogP contribution >= 0.6 is 11.3 Å². The number of thiophene rings is 1. The van der Waals surface area contributed by atoms with Crippen LogP contribution in [-0.4, -0.2) is 35.7 Å². The number of hydrogen-bond donors (Lipinski definition) is 1. The standard InChI is InChI=1S/C17H30N2OS/c1-6-14-12-20-13(2)10-19(14)11-16-8-7-15(21-16)9-18-17(3,4)5/h7-8,13-14,18H,6,9-12H2,1-5H3. The molecule has 1 aromatic heterocycles. The maximum absolute atomic E-state index is 5.78. The van der Waals surface area contributed by atoms with Crippen LogP contribution in [0.4, 0.5) is 0 Å². The molecule has 4 heteroatoms. The summed E-state index contributed by atoms with van der Waals surface area (Å²) in [6.07, 6.45) is 1.52. The molecule has 120 valence electrons. The van der Waals surface area contributed by atoms with Crippen LogP contribution in [0.3, 0.4) is 0 Å². The summed E-state index contributed by atoms with van der Waals surface area (Å²) in [7, 11) is 0. The molecule has 0 aliphatic carbocycles. The van der Waals surface area contributed by atoms with Gasteiger partial charge in [0.25, 0.3) is 0 Å². The summed E-state index contributed by atoms with van der Waals surface area (Å²) in [5.41, 5.74) is 0.178. The topological polar surface area (TPSA) is 24.5 Å². The lowest BCUT2D eigenvalue weighted by Crippen LogP contribution is -2.47. The van der Waals surface area contributed by atoms with Crippen molar-refractivity contribution in [2.75, 3.05) is 13.2 Å². The second-order valence-corrected chi connectivity index (χ2v) is 8.36. The molecular weight excluding hydrogens is 280 g/mol. The van der Waals surface area contributed by atoms with Gasteiger partial charge in [-0.2, -0.15) is 0 Å². The van der Waals surface area contributed by atoms with Gasteiger partial charge in [-0.1, -0.05) is 6.92 Å². The minimum absolute atomic E-state index is 0.178. The van der Waals surface area contributed by atoms with E-state index in [9.17, 15) is 0 Å². The van der Waals surface area contributed by atoms with Gasteiger partial charge in [0, 0.05) is 41.0 Å². The minimum Gasteiger partial charge on any atom is -0.376 e. The predicted molar refractivity (Wildman–Crippen MR) is 90.8 cm³/mol. The molecule has 1 aliphatic rings. The van der Waals surface area contributed by atoms with Crippen LogP contribution < -0.4 is 5.32 Å². The predicted octanol–water partition coefficient (Wildman–Crippen LogP) is 3.64. The molecule has 2 unspecified atom stereocenters. The first-order valence-corrected chi connectivity index (χ1v) is 8.87. The fraction of sp³-hybridized carbons (Fsp3) is 0.765. The van der Waals surface area contributed by atoms with E-state index in [0.717, 1.165) is 32.7 Å². The molecule has 0 spiro atoms. The van der Waals surface area contributed by atoms with Crippen molar-refractivity contribution < 1.29 is 4.74 Å². The van der Waals surface area contributed by atoms with Gasteiger partial charge in [-0.25, -0.2) is 0 Å². The second-order valence-electron chi connectivity index (χ2n) is 7.11. The average molecular weight is 311 g/mol. The molecule has 1 saturated heterocycles. The van der Waals surface area contributed by atoms with Crippen molar-refractivity contribution in [3.8, 4) is 0 Å². The second kappa shape index (κ2) is 7.23. The summed E-state index contributed by atoms with van der Waals surface area (Å²) >= 11 is 1.94. The first-order chi connectivity index (χ1) is 9.87. The molecule has 2 rings (SSSR count). The Hall–Kier alpha value is -0.420. The van der Waals surface area contributed by atoms with E-state index < -0.39 is 0 Å². The zero-order valence-electron chi connectivity index (χ0n) is 14.1. The highest BCUT2D eigenvalue weighted by atomic mass is 32.1. The summed E-state index contributed by atoms with van der Waals surface area (Å²) < 4.78 is 5.78. The van der Waals surface area contributed by atoms with Crippen molar-refractivity contribution >= 4 is 11.3 Å². The number of ether oxygens (including phenoxy) is 1. The lowest BCUT2D eigenvalue weighted by atomic mass is 10.1. The third-order valence-corrected chi connectivity index (χ3v) is 4.99. The third-order valence-electron chi connectivity index (χ3n) is 3.92. The lowest BCUT2D eigenvalue weighted by molar-refractivity contribution is -0.0588. The number of nitrogens with zero attached hydrogens (tertiary/aromatic N) is 1. The van der Waals surface area contributed by atoms with Crippen LogP contribution in [0.5, 0.6) is 0 Å². The average Bonchev–Trinajstić information content (AvgIpc) is 2.84. The van der Waals surface area contributed by atoms with Crippen LogP contribution in [-0.2, 0) is 17.8 Å². The summed E-state index contributed by atoms with van der Waals surface area (Å²) in [5.74, 6) is 0. The monoisotopic (exact) mass is 310 g/mol. The van der Waals surface area contributed by atoms with E-state index >= 15 is 0 Å². The number of morpholine rings is 1. The van der Waals surface area contributed by atoms with Crippen molar-refractivity contribution in [2.24, 2.45) is 0 Å². The largest absolute Gasteiger partial charge is 0.376 e. The Labute approximate surface area is 133 Å². The van der Waals surface area contributed by atoms with E-state index in [1.54, 1.807) is 0 Å². The molecule has 2 atom stereocenters. The van der Waals surface area contributed by atoms with Gasteiger partial charge >= 0.3 is 0 Å². The number of rotatable bonds is 5. The van der Waals surface area contributed by atoms with Crippen LogP contribution in [0, 0.1) is 0 Å². The minimum atomic E-state index is 0.178. The first kappa shape index (κ1) is 16.9. The molecule has 3 nitrogen and oxygen atoms in total. The summed E-state index contributed by atoms with van der Waals surface area (Å²) in [4.78, 5) is 5.48. The molecule has 0 radical (unpaired) electrons. The Bertz CT molecular complexity index is 438. The van der Waals surface area contributed by atoms with E-state index in [0.29, 0.717) is 12.1 Å². The van der Waals surface area contributed by atoms with Crippen molar-refractivity contribution in [3.63, 3.8) is 0 Å². The molecule has 0 bridgehead atoms. The highest BCUT2D eigenvalue weighted by Gasteiger charge is 2.25. The van der Waals surface area contributed by atoms with Gasteiger partial charge in [-0.05, 0) is 46.2 Å². The van der Waals surface area contributed by atoms with E-state index in [4.69, 9.17) is 4.74 Å². The fourth-order valence-electron chi connectivity index (χ4n) is 2.64. The molecular formula is C17H30N2OS. The van der Waals surface area contributed by atoms with Crippen molar-refractivity contribution in [3.05, 3.63) is 21.9 Å². The van der Waals surface area contributed by atoms with Gasteiger partial charge in [0.1, 0.15) is 0 Å². The zero-order valence-corrected chi connectivity index (χ0v) is 14.9. The summed E-state index contributed by atoms with van der Waals surface area (Å²) in [5, 5.41) is 3.56. The molecule has 21 heavy (non-hydrogen) atoms. The smallest absolute Gasteiger partial charge is 0.0674 e. The Morgan fingerprint density at radius 1 is 1.33 bits per heavy atom. The van der Waals surface area contributed by atoms with Crippen LogP contribution in [0.1, 0.15) is 50.8 Å². The SMILES string of the molecule is CCC1COC(C)CN1Cc1ccc(CNC(C)(C)C)s1. The summed E-state index contributed by atoms with van der Waals surface area (Å²) in [6, 6.07) is 5.13. The molecule has 1 N–H and O–H groups in total. The van der Waals surface area contributed by atoms with Gasteiger partial charge in [0.15, 0.2) is 0 Å². The first-order valence-electron chi connectivity index (χ1n) is 8.05.